The maximum absolute atomic E-state index is 11.6. The summed E-state index contributed by atoms with van der Waals surface area (Å²) in [5.41, 5.74) is 5.37. The molecule has 0 fully saturated rings. The fourth-order valence-electron chi connectivity index (χ4n) is 1.56. The number of aromatic nitrogens is 3. The Morgan fingerprint density at radius 2 is 2.26 bits per heavy atom. The van der Waals surface area contributed by atoms with Gasteiger partial charge in [-0.05, 0) is 40.3 Å². The number of carbonyl (C=O) groups is 1. The van der Waals surface area contributed by atoms with Crippen LogP contribution in [-0.2, 0) is 11.3 Å². The van der Waals surface area contributed by atoms with Gasteiger partial charge in [0.1, 0.15) is 12.9 Å². The zero-order chi connectivity index (χ0) is 14.3. The number of nitrogens with one attached hydrogen (secondary N) is 1. The molecule has 1 amide bonds. The number of nitrogens with two attached hydrogens (primary N) is 1. The van der Waals surface area contributed by atoms with E-state index in [1.807, 2.05) is 0 Å². The normalized spacial score (nSPS) is 11.2. The van der Waals surface area contributed by atoms with Gasteiger partial charge in [-0.25, -0.2) is 9.67 Å². The van der Waals surface area contributed by atoms with E-state index >= 15 is 0 Å². The van der Waals surface area contributed by atoms with Crippen LogP contribution in [-0.4, -0.2) is 51.8 Å². The molecule has 7 heteroatoms. The van der Waals surface area contributed by atoms with Gasteiger partial charge >= 0.3 is 0 Å². The van der Waals surface area contributed by atoms with Crippen LogP contribution in [0.4, 0.5) is 5.95 Å². The average molecular weight is 268 g/mol. The molecule has 0 radical (unpaired) electrons. The molecule has 19 heavy (non-hydrogen) atoms. The van der Waals surface area contributed by atoms with E-state index in [4.69, 9.17) is 5.73 Å². The quantitative estimate of drug-likeness (QED) is 0.653. The van der Waals surface area contributed by atoms with Crippen LogP contribution in [0.25, 0.3) is 0 Å². The summed E-state index contributed by atoms with van der Waals surface area (Å²) in [6, 6.07) is 0.562. The highest BCUT2D eigenvalue weighted by atomic mass is 16.2. The first-order chi connectivity index (χ1) is 8.99. The molecule has 0 spiro atoms. The lowest BCUT2D eigenvalue weighted by molar-refractivity contribution is -0.121. The molecule has 1 aromatic rings. The van der Waals surface area contributed by atoms with E-state index in [2.05, 4.69) is 41.2 Å². The van der Waals surface area contributed by atoms with Gasteiger partial charge in [0, 0.05) is 12.6 Å². The number of hydrogen-bond donors (Lipinski definition) is 2. The summed E-state index contributed by atoms with van der Waals surface area (Å²) in [6.07, 6.45) is 3.50. The summed E-state index contributed by atoms with van der Waals surface area (Å²) in [5, 5.41) is 6.71. The molecule has 3 N–H and O–H groups in total. The Hall–Kier alpha value is -1.63. The van der Waals surface area contributed by atoms with E-state index in [1.165, 1.54) is 11.0 Å². The van der Waals surface area contributed by atoms with Crippen molar-refractivity contribution in [3.8, 4) is 0 Å². The summed E-state index contributed by atoms with van der Waals surface area (Å²) < 4.78 is 1.43. The maximum atomic E-state index is 11.6. The average Bonchev–Trinajstić information content (AvgIpc) is 2.73. The first kappa shape index (κ1) is 15.4. The molecule has 0 atom stereocenters. The van der Waals surface area contributed by atoms with Crippen molar-refractivity contribution in [3.63, 3.8) is 0 Å². The van der Waals surface area contributed by atoms with Crippen molar-refractivity contribution in [2.75, 3.05) is 25.9 Å². The summed E-state index contributed by atoms with van der Waals surface area (Å²) in [4.78, 5) is 17.6. The van der Waals surface area contributed by atoms with Gasteiger partial charge in [-0.2, -0.15) is 0 Å². The molecule has 1 aromatic heterocycles. The first-order valence-corrected chi connectivity index (χ1v) is 6.61. The Kier molecular flexibility index (Phi) is 6.27. The second kappa shape index (κ2) is 7.73. The third-order valence-electron chi connectivity index (χ3n) is 3.00. The van der Waals surface area contributed by atoms with Crippen LogP contribution < -0.4 is 11.1 Å². The van der Waals surface area contributed by atoms with Crippen LogP contribution in [0.15, 0.2) is 6.33 Å². The number of unbranched alkanes of at least 4 members (excludes halogenated alkanes) is 1. The Morgan fingerprint density at radius 1 is 1.53 bits per heavy atom. The highest BCUT2D eigenvalue weighted by molar-refractivity contribution is 5.75. The molecule has 0 aliphatic carbocycles. The Morgan fingerprint density at radius 3 is 2.84 bits per heavy atom. The number of anilines is 1. The molecular weight excluding hydrogens is 244 g/mol. The van der Waals surface area contributed by atoms with Gasteiger partial charge in [0.05, 0.1) is 0 Å². The van der Waals surface area contributed by atoms with Crippen molar-refractivity contribution < 1.29 is 4.79 Å². The van der Waals surface area contributed by atoms with Crippen molar-refractivity contribution in [1.82, 2.24) is 25.0 Å². The molecule has 0 aliphatic rings. The van der Waals surface area contributed by atoms with E-state index in [-0.39, 0.29) is 18.4 Å². The number of amides is 1. The van der Waals surface area contributed by atoms with Crippen LogP contribution >= 0.6 is 0 Å². The number of hydrogen-bond acceptors (Lipinski definition) is 5. The van der Waals surface area contributed by atoms with E-state index in [9.17, 15) is 4.79 Å². The smallest absolute Gasteiger partial charge is 0.241 e. The summed E-state index contributed by atoms with van der Waals surface area (Å²) >= 11 is 0. The SMILES string of the molecule is CC(C)N(C)CCCCNC(=O)Cn1cnc(N)n1. The summed E-state index contributed by atoms with van der Waals surface area (Å²) in [7, 11) is 2.11. The minimum atomic E-state index is -0.0675. The van der Waals surface area contributed by atoms with Gasteiger partial charge in [-0.1, -0.05) is 0 Å². The number of nitrogen functional groups attached to an aromatic ring is 1. The van der Waals surface area contributed by atoms with E-state index in [0.717, 1.165) is 19.4 Å². The second-order valence-electron chi connectivity index (χ2n) is 4.93. The van der Waals surface area contributed by atoms with E-state index < -0.39 is 0 Å². The van der Waals surface area contributed by atoms with Gasteiger partial charge < -0.3 is 16.0 Å². The van der Waals surface area contributed by atoms with Crippen LogP contribution in [0, 0.1) is 0 Å². The lowest BCUT2D eigenvalue weighted by Gasteiger charge is -2.20. The number of rotatable bonds is 8. The molecule has 0 aliphatic heterocycles. The van der Waals surface area contributed by atoms with Crippen LogP contribution in [0.5, 0.6) is 0 Å². The fourth-order valence-corrected chi connectivity index (χ4v) is 1.56. The molecule has 1 heterocycles. The predicted molar refractivity (Wildman–Crippen MR) is 74.4 cm³/mol. The monoisotopic (exact) mass is 268 g/mol. The van der Waals surface area contributed by atoms with Crippen molar-refractivity contribution >= 4 is 11.9 Å². The number of nitrogens with zero attached hydrogens (tertiary/aromatic N) is 4. The third-order valence-corrected chi connectivity index (χ3v) is 3.00. The Labute approximate surface area is 114 Å². The molecule has 0 aromatic carbocycles. The van der Waals surface area contributed by atoms with Gasteiger partial charge in [0.2, 0.25) is 11.9 Å². The lowest BCUT2D eigenvalue weighted by Crippen LogP contribution is -2.30. The highest BCUT2D eigenvalue weighted by Gasteiger charge is 2.05. The summed E-state index contributed by atoms with van der Waals surface area (Å²) in [5.74, 6) is 0.117. The lowest BCUT2D eigenvalue weighted by atomic mass is 10.2. The number of carbonyl (C=O) groups excluding carboxylic acids is 1. The van der Waals surface area contributed by atoms with Crippen LogP contribution in [0.3, 0.4) is 0 Å². The molecule has 0 unspecified atom stereocenters. The zero-order valence-corrected chi connectivity index (χ0v) is 12.0. The highest BCUT2D eigenvalue weighted by Crippen LogP contribution is 1.97. The van der Waals surface area contributed by atoms with E-state index in [0.29, 0.717) is 12.6 Å². The minimum absolute atomic E-state index is 0.0675. The minimum Gasteiger partial charge on any atom is -0.367 e. The predicted octanol–water partition coefficient (Wildman–Crippen LogP) is 0.0969. The topological polar surface area (TPSA) is 89.1 Å². The Balaban J connectivity index is 2.08. The van der Waals surface area contributed by atoms with Crippen molar-refractivity contribution in [2.45, 2.75) is 39.3 Å². The van der Waals surface area contributed by atoms with Crippen LogP contribution in [0.2, 0.25) is 0 Å². The molecule has 1 rings (SSSR count). The summed E-state index contributed by atoms with van der Waals surface area (Å²) in [6.45, 7) is 6.25. The van der Waals surface area contributed by atoms with Crippen molar-refractivity contribution in [2.24, 2.45) is 0 Å². The van der Waals surface area contributed by atoms with Crippen LogP contribution in [0.1, 0.15) is 26.7 Å². The standard InChI is InChI=1S/C12H24N6O/c1-10(2)17(3)7-5-4-6-14-11(19)8-18-9-15-12(13)16-18/h9-10H,4-8H2,1-3H3,(H2,13,16)(H,14,19). The van der Waals surface area contributed by atoms with Gasteiger partial charge in [0.25, 0.3) is 0 Å². The third kappa shape index (κ3) is 6.19. The molecular formula is C12H24N6O. The second-order valence-corrected chi connectivity index (χ2v) is 4.93. The fraction of sp³-hybridized carbons (Fsp3) is 0.750. The van der Waals surface area contributed by atoms with Crippen molar-refractivity contribution in [1.29, 1.82) is 0 Å². The zero-order valence-electron chi connectivity index (χ0n) is 12.0. The molecule has 0 bridgehead atoms. The van der Waals surface area contributed by atoms with Gasteiger partial charge in [0.15, 0.2) is 0 Å². The first-order valence-electron chi connectivity index (χ1n) is 6.61. The van der Waals surface area contributed by atoms with Gasteiger partial charge in [-0.15, -0.1) is 5.10 Å². The molecule has 108 valence electrons. The van der Waals surface area contributed by atoms with Gasteiger partial charge in [-0.3, -0.25) is 4.79 Å². The largest absolute Gasteiger partial charge is 0.367 e. The Bertz CT molecular complexity index is 389. The maximum Gasteiger partial charge on any atom is 0.241 e. The molecule has 0 saturated carbocycles. The van der Waals surface area contributed by atoms with Crippen molar-refractivity contribution in [3.05, 3.63) is 6.33 Å². The van der Waals surface area contributed by atoms with E-state index in [1.54, 1.807) is 0 Å². The molecule has 7 nitrogen and oxygen atoms in total. The molecule has 0 saturated heterocycles.